The number of aromatic nitrogens is 1. The van der Waals surface area contributed by atoms with Gasteiger partial charge in [0.05, 0.1) is 52.9 Å². The SMILES string of the molecule is C#Cc1ccc(NC(=O)COCCOCCOCCOCCOCCC)nc1. The van der Waals surface area contributed by atoms with Gasteiger partial charge < -0.3 is 29.0 Å². The Hall–Kier alpha value is -2.02. The van der Waals surface area contributed by atoms with Crippen molar-refractivity contribution in [2.75, 3.05) is 71.4 Å². The average Bonchev–Trinajstić information content (AvgIpc) is 2.71. The third kappa shape index (κ3) is 13.2. The van der Waals surface area contributed by atoms with Crippen molar-refractivity contribution < 1.29 is 28.5 Å². The molecule has 0 fully saturated rings. The normalized spacial score (nSPS) is 10.6. The second kappa shape index (κ2) is 17.1. The van der Waals surface area contributed by atoms with Gasteiger partial charge in [-0.3, -0.25) is 4.79 Å². The molecule has 0 radical (unpaired) electrons. The third-order valence-electron chi connectivity index (χ3n) is 3.27. The van der Waals surface area contributed by atoms with E-state index in [2.05, 4.69) is 23.1 Å². The van der Waals surface area contributed by atoms with E-state index in [0.29, 0.717) is 64.2 Å². The van der Waals surface area contributed by atoms with Crippen molar-refractivity contribution in [2.45, 2.75) is 13.3 Å². The molecule has 156 valence electrons. The Labute approximate surface area is 166 Å². The van der Waals surface area contributed by atoms with Crippen molar-refractivity contribution in [3.63, 3.8) is 0 Å². The van der Waals surface area contributed by atoms with Gasteiger partial charge in [-0.2, -0.15) is 0 Å². The Morgan fingerprint density at radius 3 is 1.93 bits per heavy atom. The Balaban J connectivity index is 1.84. The molecule has 0 unspecified atom stereocenters. The molecular weight excluding hydrogens is 364 g/mol. The van der Waals surface area contributed by atoms with Crippen LogP contribution < -0.4 is 5.32 Å². The lowest BCUT2D eigenvalue weighted by molar-refractivity contribution is -0.121. The van der Waals surface area contributed by atoms with Crippen molar-refractivity contribution in [3.8, 4) is 12.3 Å². The summed E-state index contributed by atoms with van der Waals surface area (Å²) >= 11 is 0. The Bertz CT molecular complexity index is 559. The lowest BCUT2D eigenvalue weighted by atomic mass is 10.3. The first-order valence-corrected chi connectivity index (χ1v) is 9.37. The van der Waals surface area contributed by atoms with Gasteiger partial charge in [0.1, 0.15) is 12.4 Å². The minimum Gasteiger partial charge on any atom is -0.379 e. The van der Waals surface area contributed by atoms with E-state index in [9.17, 15) is 4.79 Å². The molecule has 0 aromatic carbocycles. The minimum absolute atomic E-state index is 0.0717. The maximum Gasteiger partial charge on any atom is 0.251 e. The lowest BCUT2D eigenvalue weighted by Gasteiger charge is -2.08. The Morgan fingerprint density at radius 1 is 0.929 bits per heavy atom. The molecule has 1 aromatic heterocycles. The fourth-order valence-corrected chi connectivity index (χ4v) is 1.92. The van der Waals surface area contributed by atoms with E-state index < -0.39 is 0 Å². The van der Waals surface area contributed by atoms with Crippen molar-refractivity contribution in [1.82, 2.24) is 4.98 Å². The maximum absolute atomic E-state index is 11.7. The molecule has 0 aliphatic rings. The van der Waals surface area contributed by atoms with Gasteiger partial charge in [-0.25, -0.2) is 4.98 Å². The predicted octanol–water partition coefficient (Wildman–Crippen LogP) is 1.49. The molecule has 28 heavy (non-hydrogen) atoms. The number of nitrogens with zero attached hydrogens (tertiary/aromatic N) is 1. The van der Waals surface area contributed by atoms with E-state index in [4.69, 9.17) is 30.1 Å². The smallest absolute Gasteiger partial charge is 0.251 e. The number of anilines is 1. The van der Waals surface area contributed by atoms with Gasteiger partial charge in [-0.05, 0) is 18.6 Å². The highest BCUT2D eigenvalue weighted by molar-refractivity contribution is 5.90. The standard InChI is InChI=1S/C20H30N2O6/c1-3-7-24-8-9-25-10-11-26-12-13-27-14-15-28-17-20(23)22-19-6-5-18(4-2)16-21-19/h2,5-6,16H,3,7-15,17H2,1H3,(H,21,22,23). The molecule has 1 aromatic rings. The molecular formula is C20H30N2O6. The molecule has 0 atom stereocenters. The van der Waals surface area contributed by atoms with Crippen molar-refractivity contribution in [2.24, 2.45) is 0 Å². The fourth-order valence-electron chi connectivity index (χ4n) is 1.92. The molecule has 0 saturated carbocycles. The zero-order valence-corrected chi connectivity index (χ0v) is 16.5. The summed E-state index contributed by atoms with van der Waals surface area (Å²) in [6, 6.07) is 3.34. The first-order chi connectivity index (χ1) is 13.8. The molecule has 1 N–H and O–H groups in total. The van der Waals surface area contributed by atoms with Gasteiger partial charge in [0.25, 0.3) is 5.91 Å². The molecule has 0 aliphatic carbocycles. The number of amides is 1. The van der Waals surface area contributed by atoms with Crippen LogP contribution in [0.15, 0.2) is 18.3 Å². The first kappa shape index (κ1) is 24.0. The van der Waals surface area contributed by atoms with Gasteiger partial charge >= 0.3 is 0 Å². The van der Waals surface area contributed by atoms with Crippen LogP contribution in [0.4, 0.5) is 5.82 Å². The van der Waals surface area contributed by atoms with Crippen LogP contribution in [-0.4, -0.2) is 77.0 Å². The highest BCUT2D eigenvalue weighted by Crippen LogP contribution is 2.03. The van der Waals surface area contributed by atoms with Gasteiger partial charge in [0.15, 0.2) is 0 Å². The van der Waals surface area contributed by atoms with Crippen LogP contribution in [-0.2, 0) is 28.5 Å². The highest BCUT2D eigenvalue weighted by atomic mass is 16.6. The largest absolute Gasteiger partial charge is 0.379 e. The maximum atomic E-state index is 11.7. The number of hydrogen-bond donors (Lipinski definition) is 1. The Morgan fingerprint density at radius 2 is 1.46 bits per heavy atom. The van der Waals surface area contributed by atoms with Crippen LogP contribution in [0.3, 0.4) is 0 Å². The highest BCUT2D eigenvalue weighted by Gasteiger charge is 2.03. The Kier molecular flexibility index (Phi) is 14.7. The predicted molar refractivity (Wildman–Crippen MR) is 105 cm³/mol. The molecule has 8 heteroatoms. The monoisotopic (exact) mass is 394 g/mol. The zero-order valence-electron chi connectivity index (χ0n) is 16.5. The average molecular weight is 394 g/mol. The lowest BCUT2D eigenvalue weighted by Crippen LogP contribution is -2.20. The van der Waals surface area contributed by atoms with Crippen LogP contribution in [0.25, 0.3) is 0 Å². The molecule has 0 saturated heterocycles. The van der Waals surface area contributed by atoms with Crippen molar-refractivity contribution >= 4 is 11.7 Å². The summed E-state index contributed by atoms with van der Waals surface area (Å²) in [5.74, 6) is 2.60. The van der Waals surface area contributed by atoms with Crippen LogP contribution in [0.5, 0.6) is 0 Å². The van der Waals surface area contributed by atoms with Crippen molar-refractivity contribution in [1.29, 1.82) is 0 Å². The second-order valence-corrected chi connectivity index (χ2v) is 5.63. The number of carbonyl (C=O) groups is 1. The number of pyridine rings is 1. The molecule has 0 spiro atoms. The minimum atomic E-state index is -0.288. The van der Waals surface area contributed by atoms with Gasteiger partial charge in [0, 0.05) is 18.4 Å². The number of ether oxygens (including phenoxy) is 5. The number of carbonyl (C=O) groups excluding carboxylic acids is 1. The fraction of sp³-hybridized carbons (Fsp3) is 0.600. The van der Waals surface area contributed by atoms with E-state index in [1.807, 2.05) is 0 Å². The number of hydrogen-bond acceptors (Lipinski definition) is 7. The van der Waals surface area contributed by atoms with Crippen LogP contribution in [0, 0.1) is 12.3 Å². The first-order valence-electron chi connectivity index (χ1n) is 9.37. The quantitative estimate of drug-likeness (QED) is 0.316. The van der Waals surface area contributed by atoms with Gasteiger partial charge in [0.2, 0.25) is 0 Å². The van der Waals surface area contributed by atoms with Crippen LogP contribution in [0.1, 0.15) is 18.9 Å². The number of rotatable bonds is 17. The van der Waals surface area contributed by atoms with E-state index in [-0.39, 0.29) is 12.5 Å². The summed E-state index contributed by atoms with van der Waals surface area (Å²) < 4.78 is 26.6. The summed E-state index contributed by atoms with van der Waals surface area (Å²) in [4.78, 5) is 15.7. The summed E-state index contributed by atoms with van der Waals surface area (Å²) in [6.07, 6.45) is 7.77. The van der Waals surface area contributed by atoms with Crippen molar-refractivity contribution in [3.05, 3.63) is 23.9 Å². The number of nitrogens with one attached hydrogen (secondary N) is 1. The topological polar surface area (TPSA) is 88.1 Å². The van der Waals surface area contributed by atoms with Gasteiger partial charge in [-0.15, -0.1) is 6.42 Å². The van der Waals surface area contributed by atoms with E-state index in [0.717, 1.165) is 13.0 Å². The van der Waals surface area contributed by atoms with E-state index >= 15 is 0 Å². The van der Waals surface area contributed by atoms with Gasteiger partial charge in [-0.1, -0.05) is 12.8 Å². The van der Waals surface area contributed by atoms with E-state index in [1.54, 1.807) is 12.1 Å². The summed E-state index contributed by atoms with van der Waals surface area (Å²) in [5, 5.41) is 2.62. The number of terminal acetylenes is 1. The second-order valence-electron chi connectivity index (χ2n) is 5.63. The molecule has 1 rings (SSSR count). The van der Waals surface area contributed by atoms with Crippen LogP contribution in [0.2, 0.25) is 0 Å². The molecule has 8 nitrogen and oxygen atoms in total. The molecule has 1 heterocycles. The van der Waals surface area contributed by atoms with E-state index in [1.165, 1.54) is 6.20 Å². The van der Waals surface area contributed by atoms with Crippen LogP contribution >= 0.6 is 0 Å². The summed E-state index contributed by atoms with van der Waals surface area (Å²) in [5.41, 5.74) is 0.653. The zero-order chi connectivity index (χ0) is 20.3. The molecule has 1 amide bonds. The summed E-state index contributed by atoms with van der Waals surface area (Å²) in [6.45, 7) is 6.66. The molecule has 0 aliphatic heterocycles. The molecule has 0 bridgehead atoms. The summed E-state index contributed by atoms with van der Waals surface area (Å²) in [7, 11) is 0. The third-order valence-corrected chi connectivity index (χ3v) is 3.27.